The molecule has 1 atom stereocenters. The molecule has 2 aromatic rings. The molecule has 8 heteroatoms. The highest BCUT2D eigenvalue weighted by Gasteiger charge is 2.16. The molecule has 2 aromatic carbocycles. The Hall–Kier alpha value is -2.71. The van der Waals surface area contributed by atoms with E-state index in [0.717, 1.165) is 5.41 Å². The minimum absolute atomic E-state index is 0.288. The second-order valence-corrected chi connectivity index (χ2v) is 6.63. The molecule has 2 rings (SSSR count). The molecule has 0 radical (unpaired) electrons. The Balaban J connectivity index is 1.87. The van der Waals surface area contributed by atoms with Crippen LogP contribution < -0.4 is 15.0 Å². The fourth-order valence-electron chi connectivity index (χ4n) is 1.76. The first-order valence-corrected chi connectivity index (χ1v) is 8.87. The van der Waals surface area contributed by atoms with Gasteiger partial charge in [0, 0.05) is 5.41 Å². The van der Waals surface area contributed by atoms with Gasteiger partial charge < -0.3 is 4.74 Å². The summed E-state index contributed by atoms with van der Waals surface area (Å²) >= 11 is 0. The van der Waals surface area contributed by atoms with E-state index in [-0.39, 0.29) is 5.75 Å². The van der Waals surface area contributed by atoms with Gasteiger partial charge in [-0.2, -0.15) is 0 Å². The van der Waals surface area contributed by atoms with Crippen molar-refractivity contribution in [2.45, 2.75) is 13.0 Å². The van der Waals surface area contributed by atoms with Crippen molar-refractivity contribution in [3.05, 3.63) is 71.4 Å². The number of carbonyl (C=O) groups excluding carboxylic acids is 1. The number of hydrazine groups is 1. The van der Waals surface area contributed by atoms with E-state index in [1.807, 2.05) is 10.9 Å². The van der Waals surface area contributed by atoms with Crippen molar-refractivity contribution in [1.29, 1.82) is 0 Å². The lowest BCUT2D eigenvalue weighted by Crippen LogP contribution is -2.46. The van der Waals surface area contributed by atoms with Gasteiger partial charge in [0.25, 0.3) is 15.9 Å². The summed E-state index contributed by atoms with van der Waals surface area (Å²) in [6.07, 6.45) is 0.415. The predicted molar refractivity (Wildman–Crippen MR) is 92.2 cm³/mol. The zero-order chi connectivity index (χ0) is 18.3. The average molecular weight is 364 g/mol. The van der Waals surface area contributed by atoms with Crippen LogP contribution in [0.4, 0.5) is 4.39 Å². The molecule has 6 nitrogen and oxygen atoms in total. The minimum atomic E-state index is -3.85. The molecule has 0 spiro atoms. The molecule has 0 unspecified atom stereocenters. The third-order valence-electron chi connectivity index (χ3n) is 3.05. The number of hydrogen-bond donors (Lipinski definition) is 2. The summed E-state index contributed by atoms with van der Waals surface area (Å²) in [5, 5.41) is 0.939. The summed E-state index contributed by atoms with van der Waals surface area (Å²) in [5.74, 6) is -0.834. The van der Waals surface area contributed by atoms with Crippen molar-refractivity contribution in [2.24, 2.45) is 0 Å². The lowest BCUT2D eigenvalue weighted by atomic mass is 10.2. The number of rotatable bonds is 7. The van der Waals surface area contributed by atoms with Crippen molar-refractivity contribution < 1.29 is 22.3 Å². The first kappa shape index (κ1) is 18.6. The van der Waals surface area contributed by atoms with Gasteiger partial charge >= 0.3 is 0 Å². The van der Waals surface area contributed by atoms with Gasteiger partial charge in [-0.05, 0) is 42.8 Å². The van der Waals surface area contributed by atoms with Gasteiger partial charge in [-0.1, -0.05) is 30.3 Å². The van der Waals surface area contributed by atoms with E-state index in [1.165, 1.54) is 37.3 Å². The van der Waals surface area contributed by atoms with Gasteiger partial charge in [0.15, 0.2) is 6.10 Å². The van der Waals surface area contributed by atoms with Crippen LogP contribution >= 0.6 is 0 Å². The molecular formula is C17H17FN2O4S. The van der Waals surface area contributed by atoms with Gasteiger partial charge in [0.05, 0.1) is 0 Å². The third kappa shape index (κ3) is 6.36. The lowest BCUT2D eigenvalue weighted by molar-refractivity contribution is -0.127. The maximum absolute atomic E-state index is 12.8. The van der Waals surface area contributed by atoms with Crippen molar-refractivity contribution in [3.8, 4) is 5.75 Å². The number of hydrogen-bond acceptors (Lipinski definition) is 4. The largest absolute Gasteiger partial charge is 0.481 e. The highest BCUT2D eigenvalue weighted by atomic mass is 32.2. The molecular weight excluding hydrogens is 347 g/mol. The third-order valence-corrected chi connectivity index (χ3v) is 3.93. The van der Waals surface area contributed by atoms with Gasteiger partial charge in [-0.25, -0.2) is 12.8 Å². The van der Waals surface area contributed by atoms with Crippen LogP contribution in [-0.2, 0) is 14.8 Å². The number of benzene rings is 2. The van der Waals surface area contributed by atoms with Gasteiger partial charge in [-0.15, -0.1) is 4.83 Å². The fourth-order valence-corrected chi connectivity index (χ4v) is 2.41. The van der Waals surface area contributed by atoms with Crippen molar-refractivity contribution in [3.63, 3.8) is 0 Å². The Bertz CT molecular complexity index is 837. The van der Waals surface area contributed by atoms with E-state index < -0.39 is 27.9 Å². The maximum atomic E-state index is 12.8. The smallest absolute Gasteiger partial charge is 0.275 e. The minimum Gasteiger partial charge on any atom is -0.481 e. The average Bonchev–Trinajstić information content (AvgIpc) is 2.61. The monoisotopic (exact) mass is 364 g/mol. The molecule has 25 heavy (non-hydrogen) atoms. The van der Waals surface area contributed by atoms with Gasteiger partial charge in [0.2, 0.25) is 0 Å². The predicted octanol–water partition coefficient (Wildman–Crippen LogP) is 2.21. The second-order valence-electron chi connectivity index (χ2n) is 5.06. The first-order chi connectivity index (χ1) is 11.9. The Kier molecular flexibility index (Phi) is 6.26. The maximum Gasteiger partial charge on any atom is 0.275 e. The number of nitrogens with one attached hydrogen (secondary N) is 2. The molecule has 0 aliphatic heterocycles. The SMILES string of the molecule is C[C@@H](Oc1ccc(F)cc1)C(=O)NNS(=O)(=O)/C=C/c1ccccc1. The molecule has 0 saturated carbocycles. The molecule has 1 amide bonds. The Morgan fingerprint density at radius 2 is 1.76 bits per heavy atom. The molecule has 0 fully saturated rings. The molecule has 0 heterocycles. The summed E-state index contributed by atoms with van der Waals surface area (Å²) in [4.78, 5) is 13.8. The first-order valence-electron chi connectivity index (χ1n) is 7.33. The summed E-state index contributed by atoms with van der Waals surface area (Å²) < 4.78 is 41.8. The summed E-state index contributed by atoms with van der Waals surface area (Å²) in [6.45, 7) is 1.44. The van der Waals surface area contributed by atoms with Crippen LogP contribution in [0.25, 0.3) is 6.08 Å². The molecule has 2 N–H and O–H groups in total. The topological polar surface area (TPSA) is 84.5 Å². The lowest BCUT2D eigenvalue weighted by Gasteiger charge is -2.14. The zero-order valence-corrected chi connectivity index (χ0v) is 14.2. The van der Waals surface area contributed by atoms with Gasteiger partial charge in [-0.3, -0.25) is 10.2 Å². The van der Waals surface area contributed by atoms with E-state index >= 15 is 0 Å². The standard InChI is InChI=1S/C17H17FN2O4S/c1-13(24-16-9-7-15(18)8-10-16)17(21)19-20-25(22,23)12-11-14-5-3-2-4-6-14/h2-13,20H,1H3,(H,19,21)/b12-11+/t13-/m1/s1. The molecule has 0 saturated heterocycles. The number of halogens is 1. The van der Waals surface area contributed by atoms with E-state index in [4.69, 9.17) is 4.74 Å². The van der Waals surface area contributed by atoms with Crippen LogP contribution in [0.1, 0.15) is 12.5 Å². The normalized spacial score (nSPS) is 12.7. The molecule has 0 bridgehead atoms. The number of ether oxygens (including phenoxy) is 1. The Labute approximate surface area is 145 Å². The molecule has 132 valence electrons. The van der Waals surface area contributed by atoms with Crippen molar-refractivity contribution in [1.82, 2.24) is 10.3 Å². The molecule has 0 aliphatic rings. The van der Waals surface area contributed by atoms with Crippen molar-refractivity contribution >= 4 is 22.0 Å². The van der Waals surface area contributed by atoms with Gasteiger partial charge in [0.1, 0.15) is 11.6 Å². The highest BCUT2D eigenvalue weighted by Crippen LogP contribution is 2.12. The quantitative estimate of drug-likeness (QED) is 0.738. The van der Waals surface area contributed by atoms with E-state index in [1.54, 1.807) is 24.3 Å². The van der Waals surface area contributed by atoms with Crippen LogP contribution in [0.2, 0.25) is 0 Å². The van der Waals surface area contributed by atoms with Crippen molar-refractivity contribution in [2.75, 3.05) is 0 Å². The number of sulfonamides is 1. The Morgan fingerprint density at radius 1 is 1.12 bits per heavy atom. The summed E-state index contributed by atoms with van der Waals surface area (Å²) in [7, 11) is -3.85. The summed E-state index contributed by atoms with van der Waals surface area (Å²) in [5.41, 5.74) is 2.76. The second kappa shape index (κ2) is 8.41. The number of amides is 1. The van der Waals surface area contributed by atoms with Crippen LogP contribution in [0.3, 0.4) is 0 Å². The van der Waals surface area contributed by atoms with Crippen LogP contribution in [0, 0.1) is 5.82 Å². The fraction of sp³-hybridized carbons (Fsp3) is 0.118. The molecule has 0 aromatic heterocycles. The summed E-state index contributed by atoms with van der Waals surface area (Å²) in [6, 6.07) is 14.0. The van der Waals surface area contributed by atoms with Crippen LogP contribution in [0.15, 0.2) is 60.0 Å². The van der Waals surface area contributed by atoms with Crippen LogP contribution in [-0.4, -0.2) is 20.4 Å². The van der Waals surface area contributed by atoms with E-state index in [0.29, 0.717) is 5.56 Å². The number of carbonyl (C=O) groups is 1. The zero-order valence-electron chi connectivity index (χ0n) is 13.3. The molecule has 0 aliphatic carbocycles. The van der Waals surface area contributed by atoms with E-state index in [2.05, 4.69) is 5.43 Å². The van der Waals surface area contributed by atoms with Crippen LogP contribution in [0.5, 0.6) is 5.75 Å². The highest BCUT2D eigenvalue weighted by molar-refractivity contribution is 7.92. The Morgan fingerprint density at radius 3 is 2.40 bits per heavy atom. The van der Waals surface area contributed by atoms with E-state index in [9.17, 15) is 17.6 Å².